The number of hydrogen-bond donors (Lipinski definition) is 2. The quantitative estimate of drug-likeness (QED) is 0.694. The zero-order valence-corrected chi connectivity index (χ0v) is 8.90. The number of aliphatic hydroxyl groups is 1. The van der Waals surface area contributed by atoms with Crippen LogP contribution in [0.2, 0.25) is 0 Å². The summed E-state index contributed by atoms with van der Waals surface area (Å²) in [5, 5.41) is 12.3. The molecule has 0 spiro atoms. The lowest BCUT2D eigenvalue weighted by Gasteiger charge is -2.16. The Labute approximate surface area is 85.0 Å². The second kappa shape index (κ2) is 5.78. The summed E-state index contributed by atoms with van der Waals surface area (Å²) in [6.45, 7) is 5.95. The first kappa shape index (κ1) is 11.2. The molecule has 4 heteroatoms. The van der Waals surface area contributed by atoms with Crippen LogP contribution >= 0.6 is 0 Å². The molecule has 4 nitrogen and oxygen atoms in total. The van der Waals surface area contributed by atoms with Crippen molar-refractivity contribution >= 4 is 0 Å². The van der Waals surface area contributed by atoms with E-state index in [9.17, 15) is 0 Å². The SMILES string of the molecule is CCNC(CO)Cn1ccnc1CC. The molecular weight excluding hydrogens is 178 g/mol. The maximum absolute atomic E-state index is 9.12. The van der Waals surface area contributed by atoms with Crippen LogP contribution in [-0.4, -0.2) is 33.9 Å². The van der Waals surface area contributed by atoms with Crippen LogP contribution in [0.1, 0.15) is 19.7 Å². The van der Waals surface area contributed by atoms with E-state index in [2.05, 4.69) is 21.8 Å². The number of nitrogens with one attached hydrogen (secondary N) is 1. The Morgan fingerprint density at radius 1 is 1.57 bits per heavy atom. The predicted molar refractivity (Wildman–Crippen MR) is 56.2 cm³/mol. The van der Waals surface area contributed by atoms with Crippen molar-refractivity contribution < 1.29 is 5.11 Å². The molecule has 0 aromatic carbocycles. The highest BCUT2D eigenvalue weighted by molar-refractivity contribution is 4.92. The smallest absolute Gasteiger partial charge is 0.108 e. The molecule has 1 unspecified atom stereocenters. The normalized spacial score (nSPS) is 13.1. The topological polar surface area (TPSA) is 50.1 Å². The van der Waals surface area contributed by atoms with Gasteiger partial charge in [-0.3, -0.25) is 0 Å². The molecule has 1 aromatic rings. The Balaban J connectivity index is 2.56. The van der Waals surface area contributed by atoms with Gasteiger partial charge in [-0.05, 0) is 6.54 Å². The first-order valence-corrected chi connectivity index (χ1v) is 5.16. The number of imidazole rings is 1. The van der Waals surface area contributed by atoms with Crippen LogP contribution < -0.4 is 5.32 Å². The standard InChI is InChI=1S/C10H19N3O/c1-3-10-12-5-6-13(10)7-9(8-14)11-4-2/h5-6,9,11,14H,3-4,7-8H2,1-2H3. The van der Waals surface area contributed by atoms with Crippen LogP contribution in [0.5, 0.6) is 0 Å². The first-order valence-electron chi connectivity index (χ1n) is 5.16. The van der Waals surface area contributed by atoms with Gasteiger partial charge in [-0.15, -0.1) is 0 Å². The molecular formula is C10H19N3O. The molecule has 2 N–H and O–H groups in total. The van der Waals surface area contributed by atoms with Gasteiger partial charge in [0.1, 0.15) is 5.82 Å². The van der Waals surface area contributed by atoms with Crippen molar-refractivity contribution in [1.29, 1.82) is 0 Å². The minimum atomic E-state index is 0.125. The average Bonchev–Trinajstić information content (AvgIpc) is 2.64. The summed E-state index contributed by atoms with van der Waals surface area (Å²) in [7, 11) is 0. The fourth-order valence-corrected chi connectivity index (χ4v) is 1.53. The minimum absolute atomic E-state index is 0.125. The lowest BCUT2D eigenvalue weighted by Crippen LogP contribution is -2.36. The fraction of sp³-hybridized carbons (Fsp3) is 0.700. The van der Waals surface area contributed by atoms with E-state index in [1.54, 1.807) is 6.20 Å². The molecule has 0 fully saturated rings. The molecule has 0 saturated heterocycles. The zero-order valence-electron chi connectivity index (χ0n) is 8.90. The molecule has 0 saturated carbocycles. The van der Waals surface area contributed by atoms with E-state index in [4.69, 9.17) is 5.11 Å². The van der Waals surface area contributed by atoms with Crippen LogP contribution in [0.15, 0.2) is 12.4 Å². The van der Waals surface area contributed by atoms with Crippen molar-refractivity contribution in [3.05, 3.63) is 18.2 Å². The minimum Gasteiger partial charge on any atom is -0.395 e. The highest BCUT2D eigenvalue weighted by Crippen LogP contribution is 2.00. The molecule has 0 bridgehead atoms. The molecule has 0 radical (unpaired) electrons. The zero-order chi connectivity index (χ0) is 10.4. The summed E-state index contributed by atoms with van der Waals surface area (Å²) >= 11 is 0. The maximum atomic E-state index is 9.12. The number of aromatic nitrogens is 2. The van der Waals surface area contributed by atoms with Crippen molar-refractivity contribution in [2.45, 2.75) is 32.9 Å². The van der Waals surface area contributed by atoms with Gasteiger partial charge in [0.15, 0.2) is 0 Å². The number of likely N-dealkylation sites (N-methyl/N-ethyl adjacent to an activating group) is 1. The van der Waals surface area contributed by atoms with Crippen LogP contribution in [0.25, 0.3) is 0 Å². The summed E-state index contributed by atoms with van der Waals surface area (Å²) in [6.07, 6.45) is 4.69. The van der Waals surface area contributed by atoms with Gasteiger partial charge in [-0.2, -0.15) is 0 Å². The Kier molecular flexibility index (Phi) is 4.62. The molecule has 1 heterocycles. The monoisotopic (exact) mass is 197 g/mol. The second-order valence-electron chi connectivity index (χ2n) is 3.29. The maximum Gasteiger partial charge on any atom is 0.108 e. The van der Waals surface area contributed by atoms with Gasteiger partial charge >= 0.3 is 0 Å². The van der Waals surface area contributed by atoms with Crippen LogP contribution in [0, 0.1) is 0 Å². The van der Waals surface area contributed by atoms with Crippen LogP contribution in [-0.2, 0) is 13.0 Å². The van der Waals surface area contributed by atoms with Gasteiger partial charge in [0.2, 0.25) is 0 Å². The van der Waals surface area contributed by atoms with Crippen molar-refractivity contribution in [3.8, 4) is 0 Å². The largest absolute Gasteiger partial charge is 0.395 e. The summed E-state index contributed by atoms with van der Waals surface area (Å²) in [4.78, 5) is 4.24. The second-order valence-corrected chi connectivity index (χ2v) is 3.29. The van der Waals surface area contributed by atoms with Gasteiger partial charge in [0, 0.05) is 31.4 Å². The van der Waals surface area contributed by atoms with Crippen molar-refractivity contribution in [3.63, 3.8) is 0 Å². The van der Waals surface area contributed by atoms with Gasteiger partial charge < -0.3 is 15.0 Å². The fourth-order valence-electron chi connectivity index (χ4n) is 1.53. The van der Waals surface area contributed by atoms with Crippen molar-refractivity contribution in [2.24, 2.45) is 0 Å². The van der Waals surface area contributed by atoms with E-state index in [0.29, 0.717) is 0 Å². The van der Waals surface area contributed by atoms with Gasteiger partial charge in [0.25, 0.3) is 0 Å². The van der Waals surface area contributed by atoms with E-state index < -0.39 is 0 Å². The predicted octanol–water partition coefficient (Wildman–Crippen LogP) is 0.416. The highest BCUT2D eigenvalue weighted by Gasteiger charge is 2.08. The molecule has 0 aliphatic heterocycles. The Hall–Kier alpha value is -0.870. The number of aryl methyl sites for hydroxylation is 1. The van der Waals surface area contributed by atoms with Gasteiger partial charge in [0.05, 0.1) is 6.61 Å². The Morgan fingerprint density at radius 2 is 2.36 bits per heavy atom. The number of aliphatic hydroxyl groups excluding tert-OH is 1. The summed E-state index contributed by atoms with van der Waals surface area (Å²) < 4.78 is 2.09. The third-order valence-electron chi connectivity index (χ3n) is 2.25. The molecule has 1 aromatic heterocycles. The third kappa shape index (κ3) is 2.82. The van der Waals surface area contributed by atoms with E-state index >= 15 is 0 Å². The van der Waals surface area contributed by atoms with E-state index in [1.807, 2.05) is 13.1 Å². The molecule has 1 rings (SSSR count). The average molecular weight is 197 g/mol. The van der Waals surface area contributed by atoms with Gasteiger partial charge in [-0.1, -0.05) is 13.8 Å². The third-order valence-corrected chi connectivity index (χ3v) is 2.25. The highest BCUT2D eigenvalue weighted by atomic mass is 16.3. The Morgan fingerprint density at radius 3 is 2.93 bits per heavy atom. The van der Waals surface area contributed by atoms with Gasteiger partial charge in [-0.25, -0.2) is 4.98 Å². The lowest BCUT2D eigenvalue weighted by atomic mass is 10.3. The molecule has 0 aliphatic carbocycles. The molecule has 0 aliphatic rings. The van der Waals surface area contributed by atoms with Crippen molar-refractivity contribution in [2.75, 3.05) is 13.2 Å². The molecule has 0 amide bonds. The molecule has 14 heavy (non-hydrogen) atoms. The number of nitrogens with zero attached hydrogens (tertiary/aromatic N) is 2. The molecule has 80 valence electrons. The number of rotatable bonds is 6. The van der Waals surface area contributed by atoms with Crippen LogP contribution in [0.3, 0.4) is 0 Å². The molecule has 1 atom stereocenters. The van der Waals surface area contributed by atoms with E-state index in [-0.39, 0.29) is 12.6 Å². The van der Waals surface area contributed by atoms with Crippen LogP contribution in [0.4, 0.5) is 0 Å². The lowest BCUT2D eigenvalue weighted by molar-refractivity contribution is 0.230. The summed E-state index contributed by atoms with van der Waals surface area (Å²) in [5.41, 5.74) is 0. The number of hydrogen-bond acceptors (Lipinski definition) is 3. The van der Waals surface area contributed by atoms with Crippen molar-refractivity contribution in [1.82, 2.24) is 14.9 Å². The summed E-state index contributed by atoms with van der Waals surface area (Å²) in [5.74, 6) is 1.07. The van der Waals surface area contributed by atoms with E-state index in [0.717, 1.165) is 25.3 Å². The Bertz CT molecular complexity index is 260. The first-order chi connectivity index (χ1) is 6.81. The van der Waals surface area contributed by atoms with E-state index in [1.165, 1.54) is 0 Å². The summed E-state index contributed by atoms with van der Waals surface area (Å²) in [6, 6.07) is 0.125.